The molecule has 1 aromatic carbocycles. The molecule has 0 radical (unpaired) electrons. The highest BCUT2D eigenvalue weighted by atomic mass is 19.4. The lowest BCUT2D eigenvalue weighted by atomic mass is 9.88. The molecule has 1 aromatic rings. The molecule has 0 saturated heterocycles. The van der Waals surface area contributed by atoms with E-state index in [1.807, 2.05) is 39.0 Å². The summed E-state index contributed by atoms with van der Waals surface area (Å²) in [6.07, 6.45) is 5.74. The van der Waals surface area contributed by atoms with Crippen LogP contribution in [0.15, 0.2) is 77.9 Å². The van der Waals surface area contributed by atoms with Gasteiger partial charge in [0.1, 0.15) is 0 Å². The number of halogens is 3. The Labute approximate surface area is 174 Å². The monoisotopic (exact) mass is 402 g/mol. The van der Waals surface area contributed by atoms with E-state index in [0.717, 1.165) is 28.7 Å². The molecular weight excluding hydrogens is 369 g/mol. The zero-order valence-electron chi connectivity index (χ0n) is 18.2. The second-order valence-electron chi connectivity index (χ2n) is 7.46. The lowest BCUT2D eigenvalue weighted by Crippen LogP contribution is -2.13. The molecule has 0 saturated carbocycles. The highest BCUT2D eigenvalue weighted by Gasteiger charge is 2.33. The Bertz CT molecular complexity index is 782. The van der Waals surface area contributed by atoms with Crippen molar-refractivity contribution >= 4 is 5.57 Å². The summed E-state index contributed by atoms with van der Waals surface area (Å²) in [5.74, 6) is 0.580. The van der Waals surface area contributed by atoms with Crippen LogP contribution in [0.5, 0.6) is 0 Å². The van der Waals surface area contributed by atoms with E-state index in [9.17, 15) is 13.2 Å². The van der Waals surface area contributed by atoms with Gasteiger partial charge in [-0.25, -0.2) is 0 Å². The summed E-state index contributed by atoms with van der Waals surface area (Å²) in [5.41, 5.74) is 4.63. The highest BCUT2D eigenvalue weighted by molar-refractivity contribution is 5.81. The first-order valence-corrected chi connectivity index (χ1v) is 10.3. The summed E-state index contributed by atoms with van der Waals surface area (Å²) in [4.78, 5) is 0. The number of hydrogen-bond acceptors (Lipinski definition) is 0. The van der Waals surface area contributed by atoms with E-state index < -0.39 is 11.7 Å². The van der Waals surface area contributed by atoms with Crippen molar-refractivity contribution in [2.75, 3.05) is 0 Å². The van der Waals surface area contributed by atoms with E-state index in [4.69, 9.17) is 0 Å². The molecule has 1 aliphatic rings. The van der Waals surface area contributed by atoms with Crippen molar-refractivity contribution in [3.8, 4) is 0 Å². The fourth-order valence-electron chi connectivity index (χ4n) is 3.09. The van der Waals surface area contributed by atoms with Gasteiger partial charge in [0.05, 0.1) is 0 Å². The largest absolute Gasteiger partial charge is 0.412 e. The SMILES string of the molecule is C=C(C)/C=C/C=C(/C1=CC=C(C(F)(F)F)CC1)c1ccc(CC(C)C)cc1.CC. The summed E-state index contributed by atoms with van der Waals surface area (Å²) in [7, 11) is 0. The Hall–Kier alpha value is -2.29. The molecule has 0 heterocycles. The molecule has 29 heavy (non-hydrogen) atoms. The van der Waals surface area contributed by atoms with E-state index in [2.05, 4.69) is 44.7 Å². The van der Waals surface area contributed by atoms with Gasteiger partial charge in [0.25, 0.3) is 0 Å². The molecular formula is C26H33F3. The van der Waals surface area contributed by atoms with Crippen molar-refractivity contribution in [2.24, 2.45) is 5.92 Å². The smallest absolute Gasteiger partial charge is 0.166 e. The lowest BCUT2D eigenvalue weighted by molar-refractivity contribution is -0.0940. The molecule has 0 bridgehead atoms. The third-order valence-corrected chi connectivity index (χ3v) is 4.41. The van der Waals surface area contributed by atoms with Crippen LogP contribution in [0.1, 0.15) is 58.6 Å². The fraction of sp³-hybridized carbons (Fsp3) is 0.385. The Kier molecular flexibility index (Phi) is 9.94. The van der Waals surface area contributed by atoms with Crippen LogP contribution in [0.4, 0.5) is 13.2 Å². The normalized spacial score (nSPS) is 15.0. The maximum Gasteiger partial charge on any atom is 0.412 e. The number of benzene rings is 1. The Balaban J connectivity index is 0.00000204. The molecule has 0 amide bonds. The lowest BCUT2D eigenvalue weighted by Gasteiger charge is -2.19. The standard InChI is InChI=1S/C24H27F3.C2H6/c1-17(2)6-5-7-23(20-10-8-19(9-11-20)16-18(3)4)21-12-14-22(15-13-21)24(25,26)27;1-2/h5-12,14,18H,1,13,15-16H2,2-4H3;1-2H3/b6-5+,23-7+;. The molecule has 0 N–H and O–H groups in total. The van der Waals surface area contributed by atoms with Crippen LogP contribution in [0.25, 0.3) is 5.57 Å². The van der Waals surface area contributed by atoms with Crippen molar-refractivity contribution in [1.82, 2.24) is 0 Å². The van der Waals surface area contributed by atoms with Crippen LogP contribution in [-0.2, 0) is 6.42 Å². The Morgan fingerprint density at radius 3 is 2.14 bits per heavy atom. The molecule has 158 valence electrons. The van der Waals surface area contributed by atoms with E-state index in [0.29, 0.717) is 12.3 Å². The molecule has 0 aromatic heterocycles. The predicted octanol–water partition coefficient (Wildman–Crippen LogP) is 8.64. The van der Waals surface area contributed by atoms with Gasteiger partial charge in [0.15, 0.2) is 0 Å². The van der Waals surface area contributed by atoms with Crippen molar-refractivity contribution in [1.29, 1.82) is 0 Å². The van der Waals surface area contributed by atoms with E-state index in [1.165, 1.54) is 11.6 Å². The summed E-state index contributed by atoms with van der Waals surface area (Å²) in [6, 6.07) is 8.32. The van der Waals surface area contributed by atoms with Gasteiger partial charge in [0.2, 0.25) is 0 Å². The number of hydrogen-bond donors (Lipinski definition) is 0. The number of rotatable bonds is 6. The highest BCUT2D eigenvalue weighted by Crippen LogP contribution is 2.37. The van der Waals surface area contributed by atoms with Crippen molar-refractivity contribution in [3.63, 3.8) is 0 Å². The summed E-state index contributed by atoms with van der Waals surface area (Å²) >= 11 is 0. The Morgan fingerprint density at radius 1 is 1.07 bits per heavy atom. The maximum absolute atomic E-state index is 12.9. The first-order chi connectivity index (χ1) is 13.7. The summed E-state index contributed by atoms with van der Waals surface area (Å²) in [5, 5.41) is 0. The zero-order valence-corrected chi connectivity index (χ0v) is 18.2. The second kappa shape index (κ2) is 11.6. The average molecular weight is 403 g/mol. The molecule has 0 nitrogen and oxygen atoms in total. The van der Waals surface area contributed by atoms with E-state index in [-0.39, 0.29) is 6.42 Å². The molecule has 0 fully saturated rings. The van der Waals surface area contributed by atoms with Gasteiger partial charge in [-0.05, 0) is 54.4 Å². The van der Waals surface area contributed by atoms with Gasteiger partial charge in [-0.2, -0.15) is 13.2 Å². The van der Waals surface area contributed by atoms with Gasteiger partial charge in [-0.1, -0.05) is 94.5 Å². The molecule has 1 aliphatic carbocycles. The second-order valence-corrected chi connectivity index (χ2v) is 7.46. The van der Waals surface area contributed by atoms with Gasteiger partial charge < -0.3 is 0 Å². The summed E-state index contributed by atoms with van der Waals surface area (Å²) in [6.45, 7) is 14.1. The van der Waals surface area contributed by atoms with Crippen LogP contribution >= 0.6 is 0 Å². The molecule has 2 rings (SSSR count). The van der Waals surface area contributed by atoms with Crippen molar-refractivity contribution < 1.29 is 13.2 Å². The fourth-order valence-corrected chi connectivity index (χ4v) is 3.09. The van der Waals surface area contributed by atoms with Crippen molar-refractivity contribution in [3.05, 3.63) is 89.1 Å². The number of allylic oxidation sites excluding steroid dienone is 9. The third-order valence-electron chi connectivity index (χ3n) is 4.41. The van der Waals surface area contributed by atoms with Crippen LogP contribution in [0.2, 0.25) is 0 Å². The van der Waals surface area contributed by atoms with Crippen LogP contribution in [-0.4, -0.2) is 6.18 Å². The predicted molar refractivity (Wildman–Crippen MR) is 120 cm³/mol. The van der Waals surface area contributed by atoms with Gasteiger partial charge in [-0.3, -0.25) is 0 Å². The van der Waals surface area contributed by atoms with Gasteiger partial charge in [0, 0.05) is 5.57 Å². The van der Waals surface area contributed by atoms with Gasteiger partial charge >= 0.3 is 6.18 Å². The maximum atomic E-state index is 12.9. The Morgan fingerprint density at radius 2 is 1.69 bits per heavy atom. The molecule has 0 spiro atoms. The van der Waals surface area contributed by atoms with E-state index in [1.54, 1.807) is 6.08 Å². The summed E-state index contributed by atoms with van der Waals surface area (Å²) < 4.78 is 38.7. The zero-order chi connectivity index (χ0) is 22.0. The topological polar surface area (TPSA) is 0 Å². The van der Waals surface area contributed by atoms with Gasteiger partial charge in [-0.15, -0.1) is 0 Å². The minimum atomic E-state index is -4.25. The molecule has 0 unspecified atom stereocenters. The molecule has 3 heteroatoms. The first-order valence-electron chi connectivity index (χ1n) is 10.3. The van der Waals surface area contributed by atoms with Crippen LogP contribution < -0.4 is 0 Å². The number of alkyl halides is 3. The minimum absolute atomic E-state index is 0.0162. The van der Waals surface area contributed by atoms with Crippen LogP contribution in [0, 0.1) is 5.92 Å². The first kappa shape index (κ1) is 24.7. The molecule has 0 aliphatic heterocycles. The quantitative estimate of drug-likeness (QED) is 0.418. The van der Waals surface area contributed by atoms with Crippen molar-refractivity contribution in [2.45, 2.75) is 60.1 Å². The average Bonchev–Trinajstić information content (AvgIpc) is 2.66. The minimum Gasteiger partial charge on any atom is -0.166 e. The van der Waals surface area contributed by atoms with Crippen LogP contribution in [0.3, 0.4) is 0 Å². The molecule has 0 atom stereocenters. The third kappa shape index (κ3) is 8.31. The van der Waals surface area contributed by atoms with E-state index >= 15 is 0 Å².